The minimum Gasteiger partial charge on any atom is -0.505 e. The van der Waals surface area contributed by atoms with Gasteiger partial charge in [-0.2, -0.15) is 98.5 Å². The molecule has 18 aromatic rings. The van der Waals surface area contributed by atoms with Gasteiger partial charge in [-0.1, -0.05) is 194 Å². The summed E-state index contributed by atoms with van der Waals surface area (Å²) in [4.78, 5) is 7.97. The normalized spacial score (nSPS) is 10.8. The predicted octanol–water partition coefficient (Wildman–Crippen LogP) is 26.4. The third kappa shape index (κ3) is 26.0. The molecule has 16 aromatic carbocycles. The van der Waals surface area contributed by atoms with Crippen LogP contribution in [0.25, 0.3) is 77.2 Å². The van der Waals surface area contributed by atoms with Crippen LogP contribution in [-0.4, -0.2) is 104 Å². The van der Waals surface area contributed by atoms with E-state index in [1.54, 1.807) is 0 Å². The van der Waals surface area contributed by atoms with Gasteiger partial charge in [0.1, 0.15) is 46.3 Å². The molecular formula is C112H104F4HfN8O4Zr-2. The Labute approximate surface area is 798 Å². The summed E-state index contributed by atoms with van der Waals surface area (Å²) in [5.74, 6) is -1.76. The number of hydrogen-bond acceptors (Lipinski definition) is 10. The second-order valence-electron chi connectivity index (χ2n) is 31.5. The van der Waals surface area contributed by atoms with Crippen LogP contribution in [0.4, 0.5) is 40.3 Å². The summed E-state index contributed by atoms with van der Waals surface area (Å²) in [5.41, 5.74) is 16.4. The maximum atomic E-state index is 15.1. The number of likely N-dealkylation sites (N-methyl/N-ethyl adjacent to an activating group) is 4. The molecule has 0 saturated heterocycles. The number of benzene rings is 16. The molecule has 0 atom stereocenters. The van der Waals surface area contributed by atoms with Gasteiger partial charge in [-0.15, -0.1) is 48.5 Å². The van der Waals surface area contributed by atoms with Gasteiger partial charge in [0.2, 0.25) is 0 Å². The van der Waals surface area contributed by atoms with Crippen molar-refractivity contribution in [2.45, 2.75) is 26.2 Å². The molecule has 18 heteroatoms. The van der Waals surface area contributed by atoms with E-state index in [9.17, 15) is 29.2 Å². The quantitative estimate of drug-likeness (QED) is 0.0169. The van der Waals surface area contributed by atoms with E-state index in [4.69, 9.17) is 0 Å². The number of nitrogens with zero attached hydrogens (tertiary/aromatic N) is 6. The third-order valence-corrected chi connectivity index (χ3v) is 21.6. The first-order valence-corrected chi connectivity index (χ1v) is 42.2. The molecule has 0 unspecified atom stereocenters. The first-order valence-electron chi connectivity index (χ1n) is 42.2. The Morgan fingerprint density at radius 2 is 0.477 bits per heavy atom. The Balaban J connectivity index is 0.000000190. The molecule has 0 aliphatic heterocycles. The Morgan fingerprint density at radius 3 is 0.731 bits per heavy atom. The molecule has 2 aromatic heterocycles. The number of aromatic hydroxyl groups is 4. The molecule has 130 heavy (non-hydrogen) atoms. The molecule has 18 rings (SSSR count). The van der Waals surface area contributed by atoms with Crippen molar-refractivity contribution in [3.05, 3.63) is 472 Å². The molecule has 0 radical (unpaired) electrons. The van der Waals surface area contributed by atoms with Gasteiger partial charge >= 0.3 is 26.2 Å². The number of halogens is 4. The van der Waals surface area contributed by atoms with Crippen molar-refractivity contribution >= 4 is 66.4 Å². The number of phenols is 4. The average molecular weight is 1970 g/mol. The van der Waals surface area contributed by atoms with Gasteiger partial charge in [0.25, 0.3) is 0 Å². The van der Waals surface area contributed by atoms with Crippen molar-refractivity contribution in [2.75, 3.05) is 65.0 Å². The fraction of sp³-hybridized carbons (Fsp3) is 0.107. The second kappa shape index (κ2) is 47.7. The van der Waals surface area contributed by atoms with E-state index in [1.807, 2.05) is 385 Å². The van der Waals surface area contributed by atoms with E-state index in [2.05, 4.69) is 38.3 Å². The molecule has 0 bridgehead atoms. The molecule has 2 heterocycles. The summed E-state index contributed by atoms with van der Waals surface area (Å²) in [5, 5.41) is 56.0. The largest absolute Gasteiger partial charge is 2.00 e. The molecule has 12 nitrogen and oxygen atoms in total. The summed E-state index contributed by atoms with van der Waals surface area (Å²) in [6.07, 6.45) is 0. The minimum atomic E-state index is -0.455. The summed E-state index contributed by atoms with van der Waals surface area (Å²) in [7, 11) is 7.61. The maximum absolute atomic E-state index is 15.1. The molecule has 654 valence electrons. The van der Waals surface area contributed by atoms with Crippen LogP contribution in [-0.2, 0) is 78.2 Å². The summed E-state index contributed by atoms with van der Waals surface area (Å²) in [6, 6.07) is 117. The number of hydrogen-bond donors (Lipinski definition) is 6. The number of phenolic OH excluding ortho intramolecular Hbond substituents is 4. The van der Waals surface area contributed by atoms with Gasteiger partial charge in [-0.3, -0.25) is 0 Å². The summed E-state index contributed by atoms with van der Waals surface area (Å²) in [6.45, 7) is 18.4. The smallest absolute Gasteiger partial charge is 0.505 e. The zero-order chi connectivity index (χ0) is 90.0. The van der Waals surface area contributed by atoms with Crippen molar-refractivity contribution in [1.82, 2.24) is 28.7 Å². The average Bonchev–Trinajstić information content (AvgIpc) is 1.59. The van der Waals surface area contributed by atoms with E-state index in [1.165, 1.54) is 48.5 Å². The van der Waals surface area contributed by atoms with E-state index in [-0.39, 0.29) is 86.4 Å². The molecule has 0 aliphatic rings. The van der Waals surface area contributed by atoms with E-state index in [0.717, 1.165) is 99.5 Å². The van der Waals surface area contributed by atoms with Crippen molar-refractivity contribution in [1.29, 1.82) is 0 Å². The maximum Gasteiger partial charge on any atom is 2.00 e. The predicted molar refractivity (Wildman–Crippen MR) is 520 cm³/mol. The van der Waals surface area contributed by atoms with E-state index in [0.29, 0.717) is 86.0 Å². The number of anilines is 4. The van der Waals surface area contributed by atoms with Gasteiger partial charge < -0.3 is 59.8 Å². The van der Waals surface area contributed by atoms with Gasteiger partial charge in [0.15, 0.2) is 0 Å². The Hall–Kier alpha value is -13.3. The number of rotatable bonds is 22. The van der Waals surface area contributed by atoms with Crippen molar-refractivity contribution in [3.63, 3.8) is 0 Å². The van der Waals surface area contributed by atoms with E-state index < -0.39 is 23.3 Å². The molecule has 6 N–H and O–H groups in total. The van der Waals surface area contributed by atoms with Crippen LogP contribution in [0.5, 0.6) is 23.0 Å². The van der Waals surface area contributed by atoms with Crippen molar-refractivity contribution < 1.29 is 90.0 Å². The molecule has 0 fully saturated rings. The monoisotopic (exact) mass is 1970 g/mol. The Morgan fingerprint density at radius 1 is 0.262 bits per heavy atom. The fourth-order valence-corrected chi connectivity index (χ4v) is 15.3. The number of nitrogens with one attached hydrogen (secondary N) is 2. The Bertz CT molecular complexity index is 6080. The van der Waals surface area contributed by atoms with Crippen molar-refractivity contribution in [3.8, 4) is 56.6 Å². The second-order valence-corrected chi connectivity index (χ2v) is 31.5. The molecule has 0 amide bonds. The van der Waals surface area contributed by atoms with Crippen molar-refractivity contribution in [2.24, 2.45) is 0 Å². The van der Waals surface area contributed by atoms with Gasteiger partial charge in [0, 0.05) is 169 Å². The topological polar surface area (TPSA) is 128 Å². The van der Waals surface area contributed by atoms with E-state index >= 15 is 8.78 Å². The molecule has 0 saturated carbocycles. The summed E-state index contributed by atoms with van der Waals surface area (Å²) < 4.78 is 63.9. The number of para-hydroxylation sites is 6. The fourth-order valence-electron chi connectivity index (χ4n) is 15.3. The Kier molecular flexibility index (Phi) is 35.7. The van der Waals surface area contributed by atoms with Gasteiger partial charge in [-0.25, -0.2) is 17.6 Å². The van der Waals surface area contributed by atoms with Crippen LogP contribution in [0.3, 0.4) is 0 Å². The minimum absolute atomic E-state index is 0. The van der Waals surface area contributed by atoms with Crippen LogP contribution in [0.1, 0.15) is 44.5 Å². The first kappa shape index (κ1) is 97.3. The molecule has 0 aliphatic carbocycles. The standard InChI is InChI=1S/2C42H38F2N4O2.4C7H7.Hf.Zr/c2*1-46(26-29-22-31(43)24-37(41(29)49)45-36-17-9-6-14-33(36)28-12-4-3-5-13-28)20-21-47(2)27-30-23-32(44)25-40(42(30)50)48-38-18-10-7-15-34(38)35-16-8-11-19-39(35)48;4*1-7-5-3-2-4-6-7;;/h2*3-19,22-25,45,49-50H,20-21,26-27H2,1-2H3;4*2-6H,1H2;;/q;;4*-1;;+2. The van der Waals surface area contributed by atoms with Crippen LogP contribution < -0.4 is 10.6 Å². The van der Waals surface area contributed by atoms with Crippen LogP contribution >= 0.6 is 0 Å². The number of aromatic nitrogens is 2. The van der Waals surface area contributed by atoms with Gasteiger partial charge in [0.05, 0.1) is 44.8 Å². The molecular weight excluding hydrogens is 1870 g/mol. The third-order valence-electron chi connectivity index (χ3n) is 21.6. The zero-order valence-corrected chi connectivity index (χ0v) is 79.3. The van der Waals surface area contributed by atoms with Crippen LogP contribution in [0.15, 0.2) is 376 Å². The summed E-state index contributed by atoms with van der Waals surface area (Å²) >= 11 is 0. The zero-order valence-electron chi connectivity index (χ0n) is 73.3. The SMILES string of the molecule is CN(CCN(C)Cc1cc(F)cc(-n2c3ccccc3c3ccccc32)c1O)Cc1cc(F)cc(Nc2ccccc2-c2ccccc2)c1O.CN(CCN(C)Cc1cc(F)cc(-n2c3ccccc3c3ccccc32)c1O)Cc1cc(F)cc(Nc2ccccc2-c2ccccc2)c1O.[CH2-]c1ccccc1.[CH2-]c1ccccc1.[CH2-]c1ccccc1.[CH2-]c1ccccc1.[Hf].[Zr+2]. The van der Waals surface area contributed by atoms with Crippen LogP contribution in [0.2, 0.25) is 0 Å². The number of fused-ring (bicyclic) bond motifs is 6. The van der Waals surface area contributed by atoms with Crippen LogP contribution in [0, 0.1) is 51.0 Å². The van der Waals surface area contributed by atoms with Gasteiger partial charge in [-0.05, 0) is 100.0 Å². The molecule has 0 spiro atoms. The first-order chi connectivity index (χ1) is 62.1.